The molecular weight excluding hydrogens is 268 g/mol. The summed E-state index contributed by atoms with van der Waals surface area (Å²) < 4.78 is 0. The monoisotopic (exact) mass is 294 g/mol. The third-order valence-electron chi connectivity index (χ3n) is 4.66. The summed E-state index contributed by atoms with van der Waals surface area (Å²) in [4.78, 5) is 2.44. The first-order valence-electron chi connectivity index (χ1n) is 7.80. The van der Waals surface area contributed by atoms with Gasteiger partial charge in [-0.05, 0) is 49.4 Å². The predicted octanol–water partition coefficient (Wildman–Crippen LogP) is 4.49. The molecule has 0 amide bonds. The molecule has 1 N–H and O–H groups in total. The van der Waals surface area contributed by atoms with Gasteiger partial charge >= 0.3 is 0 Å². The van der Waals surface area contributed by atoms with Crippen LogP contribution < -0.4 is 10.2 Å². The molecule has 0 saturated carbocycles. The minimum Gasteiger partial charge on any atom is -0.370 e. The van der Waals surface area contributed by atoms with Gasteiger partial charge in [-0.25, -0.2) is 0 Å². The summed E-state index contributed by atoms with van der Waals surface area (Å²) in [7, 11) is 0. The third-order valence-corrected chi connectivity index (χ3v) is 4.96. The van der Waals surface area contributed by atoms with E-state index in [0.29, 0.717) is 6.04 Å². The summed E-state index contributed by atoms with van der Waals surface area (Å²) in [6.07, 6.45) is 1.26. The molecule has 0 bridgehead atoms. The van der Waals surface area contributed by atoms with Crippen molar-refractivity contribution in [1.29, 1.82) is 0 Å². The molecular formula is C17H27ClN2. The lowest BCUT2D eigenvalue weighted by Gasteiger charge is -2.37. The van der Waals surface area contributed by atoms with Crippen LogP contribution in [0.1, 0.15) is 45.7 Å². The highest BCUT2D eigenvalue weighted by Gasteiger charge is 2.24. The molecule has 112 valence electrons. The standard InChI is InChI=1S/C17H27ClN2/c1-5-19-14(4)15-6-7-17(16(18)10-15)20-9-8-12(2)13(3)11-20/h6-7,10,12-14,19H,5,8-9,11H2,1-4H3. The minimum atomic E-state index is 0.354. The summed E-state index contributed by atoms with van der Waals surface area (Å²) >= 11 is 6.52. The van der Waals surface area contributed by atoms with Crippen LogP contribution in [0.3, 0.4) is 0 Å². The van der Waals surface area contributed by atoms with Crippen molar-refractivity contribution in [3.63, 3.8) is 0 Å². The van der Waals surface area contributed by atoms with Gasteiger partial charge < -0.3 is 10.2 Å². The lowest BCUT2D eigenvalue weighted by molar-refractivity contribution is 0.324. The fraction of sp³-hybridized carbons (Fsp3) is 0.647. The Hall–Kier alpha value is -0.730. The molecule has 1 fully saturated rings. The minimum absolute atomic E-state index is 0.354. The molecule has 0 radical (unpaired) electrons. The van der Waals surface area contributed by atoms with E-state index in [2.05, 4.69) is 56.1 Å². The molecule has 2 nitrogen and oxygen atoms in total. The van der Waals surface area contributed by atoms with Gasteiger partial charge in [-0.1, -0.05) is 38.4 Å². The zero-order valence-corrected chi connectivity index (χ0v) is 13.9. The van der Waals surface area contributed by atoms with Crippen LogP contribution in [0.15, 0.2) is 18.2 Å². The molecule has 3 unspecified atom stereocenters. The number of nitrogens with one attached hydrogen (secondary N) is 1. The van der Waals surface area contributed by atoms with Gasteiger partial charge in [0.25, 0.3) is 0 Å². The molecule has 1 aromatic carbocycles. The van der Waals surface area contributed by atoms with Gasteiger partial charge in [0.15, 0.2) is 0 Å². The van der Waals surface area contributed by atoms with E-state index < -0.39 is 0 Å². The second-order valence-electron chi connectivity index (χ2n) is 6.18. The second-order valence-corrected chi connectivity index (χ2v) is 6.59. The predicted molar refractivity (Wildman–Crippen MR) is 88.7 cm³/mol. The number of anilines is 1. The Morgan fingerprint density at radius 1 is 1.35 bits per heavy atom. The number of hydrogen-bond acceptors (Lipinski definition) is 2. The molecule has 1 aromatic rings. The fourth-order valence-corrected chi connectivity index (χ4v) is 3.26. The van der Waals surface area contributed by atoms with E-state index in [1.54, 1.807) is 0 Å². The molecule has 0 spiro atoms. The molecule has 3 atom stereocenters. The van der Waals surface area contributed by atoms with E-state index in [-0.39, 0.29) is 0 Å². The van der Waals surface area contributed by atoms with E-state index in [1.165, 1.54) is 17.7 Å². The fourth-order valence-electron chi connectivity index (χ4n) is 2.95. The largest absolute Gasteiger partial charge is 0.370 e. The summed E-state index contributed by atoms with van der Waals surface area (Å²) in [5, 5.41) is 4.31. The van der Waals surface area contributed by atoms with Crippen molar-refractivity contribution in [1.82, 2.24) is 5.32 Å². The smallest absolute Gasteiger partial charge is 0.0642 e. The van der Waals surface area contributed by atoms with Crippen LogP contribution in [0, 0.1) is 11.8 Å². The lowest BCUT2D eigenvalue weighted by atomic mass is 9.88. The summed E-state index contributed by atoms with van der Waals surface area (Å²) in [6, 6.07) is 6.87. The van der Waals surface area contributed by atoms with Gasteiger partial charge in [0.1, 0.15) is 0 Å². The van der Waals surface area contributed by atoms with Crippen LogP contribution in [0.25, 0.3) is 0 Å². The Kier molecular flexibility index (Phi) is 5.34. The molecule has 1 saturated heterocycles. The van der Waals surface area contributed by atoms with E-state index in [1.807, 2.05) is 0 Å². The normalized spacial score (nSPS) is 24.8. The number of halogens is 1. The third kappa shape index (κ3) is 3.48. The topological polar surface area (TPSA) is 15.3 Å². The summed E-state index contributed by atoms with van der Waals surface area (Å²) in [5.74, 6) is 1.55. The highest BCUT2D eigenvalue weighted by Crippen LogP contribution is 2.33. The van der Waals surface area contributed by atoms with Crippen molar-refractivity contribution in [3.05, 3.63) is 28.8 Å². The van der Waals surface area contributed by atoms with Crippen molar-refractivity contribution in [3.8, 4) is 0 Å². The number of benzene rings is 1. The average molecular weight is 295 g/mol. The van der Waals surface area contributed by atoms with Crippen LogP contribution in [0.4, 0.5) is 5.69 Å². The van der Waals surface area contributed by atoms with E-state index in [0.717, 1.165) is 36.5 Å². The first-order chi connectivity index (χ1) is 9.52. The number of rotatable bonds is 4. The van der Waals surface area contributed by atoms with Crippen molar-refractivity contribution in [2.75, 3.05) is 24.5 Å². The van der Waals surface area contributed by atoms with Gasteiger partial charge in [0.2, 0.25) is 0 Å². The quantitative estimate of drug-likeness (QED) is 0.880. The zero-order valence-electron chi connectivity index (χ0n) is 13.1. The van der Waals surface area contributed by atoms with E-state index in [4.69, 9.17) is 11.6 Å². The van der Waals surface area contributed by atoms with E-state index >= 15 is 0 Å². The zero-order chi connectivity index (χ0) is 14.7. The Morgan fingerprint density at radius 2 is 2.10 bits per heavy atom. The van der Waals surface area contributed by atoms with E-state index in [9.17, 15) is 0 Å². The highest BCUT2D eigenvalue weighted by molar-refractivity contribution is 6.33. The molecule has 1 aliphatic heterocycles. The van der Waals surface area contributed by atoms with Gasteiger partial charge in [0.05, 0.1) is 10.7 Å². The van der Waals surface area contributed by atoms with Crippen molar-refractivity contribution < 1.29 is 0 Å². The Bertz CT molecular complexity index is 447. The Balaban J connectivity index is 2.13. The van der Waals surface area contributed by atoms with Crippen LogP contribution in [0.5, 0.6) is 0 Å². The molecule has 3 heteroatoms. The molecule has 20 heavy (non-hydrogen) atoms. The van der Waals surface area contributed by atoms with Crippen LogP contribution in [-0.2, 0) is 0 Å². The molecule has 0 aromatic heterocycles. The molecule has 2 rings (SSSR count). The van der Waals surface area contributed by atoms with Gasteiger partial charge in [-0.15, -0.1) is 0 Å². The molecule has 1 heterocycles. The number of nitrogens with zero attached hydrogens (tertiary/aromatic N) is 1. The van der Waals surface area contributed by atoms with Crippen molar-refractivity contribution >= 4 is 17.3 Å². The molecule has 0 aliphatic carbocycles. The van der Waals surface area contributed by atoms with Crippen LogP contribution in [0.2, 0.25) is 5.02 Å². The molecule has 1 aliphatic rings. The maximum atomic E-state index is 6.52. The average Bonchev–Trinajstić information content (AvgIpc) is 2.42. The summed E-state index contributed by atoms with van der Waals surface area (Å²) in [6.45, 7) is 12.2. The first kappa shape index (κ1) is 15.7. The van der Waals surface area contributed by atoms with Gasteiger partial charge in [-0.2, -0.15) is 0 Å². The lowest BCUT2D eigenvalue weighted by Crippen LogP contribution is -2.38. The summed E-state index contributed by atoms with van der Waals surface area (Å²) in [5.41, 5.74) is 2.46. The Labute approximate surface area is 128 Å². The van der Waals surface area contributed by atoms with Crippen molar-refractivity contribution in [2.24, 2.45) is 11.8 Å². The first-order valence-corrected chi connectivity index (χ1v) is 8.18. The Morgan fingerprint density at radius 3 is 2.70 bits per heavy atom. The maximum Gasteiger partial charge on any atom is 0.0642 e. The van der Waals surface area contributed by atoms with Crippen LogP contribution >= 0.6 is 11.6 Å². The maximum absolute atomic E-state index is 6.52. The number of piperidine rings is 1. The SMILES string of the molecule is CCNC(C)c1ccc(N2CCC(C)C(C)C2)c(Cl)c1. The van der Waals surface area contributed by atoms with Crippen molar-refractivity contribution in [2.45, 2.75) is 40.2 Å². The number of hydrogen-bond donors (Lipinski definition) is 1. The van der Waals surface area contributed by atoms with Gasteiger partial charge in [-0.3, -0.25) is 0 Å². The van der Waals surface area contributed by atoms with Gasteiger partial charge in [0, 0.05) is 19.1 Å². The second kappa shape index (κ2) is 6.82. The van der Waals surface area contributed by atoms with Crippen LogP contribution in [-0.4, -0.2) is 19.6 Å². The highest BCUT2D eigenvalue weighted by atomic mass is 35.5.